The van der Waals surface area contributed by atoms with Gasteiger partial charge in [0.1, 0.15) is 11.9 Å². The summed E-state index contributed by atoms with van der Waals surface area (Å²) in [5.74, 6) is 0.236. The molecule has 0 aliphatic rings. The number of hydrogen-bond donors (Lipinski definition) is 1. The fourth-order valence-electron chi connectivity index (χ4n) is 2.93. The molecule has 0 fully saturated rings. The fourth-order valence-corrected chi connectivity index (χ4v) is 2.93. The third-order valence-electron chi connectivity index (χ3n) is 5.11. The van der Waals surface area contributed by atoms with E-state index in [-0.39, 0.29) is 22.9 Å². The van der Waals surface area contributed by atoms with Crippen molar-refractivity contribution < 1.29 is 14.6 Å². The van der Waals surface area contributed by atoms with Gasteiger partial charge in [-0.15, -0.1) is 0 Å². The zero-order valence-corrected chi connectivity index (χ0v) is 20.7. The Hall–Kier alpha value is -1.51. The van der Waals surface area contributed by atoms with Crippen LogP contribution in [0.25, 0.3) is 0 Å². The zero-order valence-electron chi connectivity index (χ0n) is 20.7. The van der Waals surface area contributed by atoms with Crippen molar-refractivity contribution in [3.63, 3.8) is 0 Å². The van der Waals surface area contributed by atoms with E-state index in [1.165, 1.54) is 12.8 Å². The molecule has 0 aliphatic heterocycles. The highest BCUT2D eigenvalue weighted by atomic mass is 16.5. The molecule has 29 heavy (non-hydrogen) atoms. The molecule has 0 aromatic heterocycles. The molecule has 1 rings (SSSR count). The monoisotopic (exact) mass is 406 g/mol. The summed E-state index contributed by atoms with van der Waals surface area (Å²) in [7, 11) is 0. The second-order valence-electron chi connectivity index (χ2n) is 9.97. The van der Waals surface area contributed by atoms with Crippen LogP contribution in [0.15, 0.2) is 12.1 Å². The number of phenols is 1. The standard InChI is InChI=1S/C22H36O3.C4H10/c1-9-16(10-2)25-19(23)12-11-15-13-17(21(3,4)5)20(24)18(14-15)22(6,7)8;1-3-4-2/h13-14,16,24H,9-12H2,1-8H3;3-4H2,1-2H3. The fraction of sp³-hybridized carbons (Fsp3) is 0.731. The predicted octanol–water partition coefficient (Wildman–Crippen LogP) is 7.46. The van der Waals surface area contributed by atoms with E-state index in [4.69, 9.17) is 4.74 Å². The van der Waals surface area contributed by atoms with Gasteiger partial charge in [-0.1, -0.05) is 94.2 Å². The second kappa shape index (κ2) is 12.2. The molecule has 0 spiro atoms. The maximum Gasteiger partial charge on any atom is 0.306 e. The molecule has 0 aliphatic carbocycles. The molecule has 0 radical (unpaired) electrons. The van der Waals surface area contributed by atoms with Crippen molar-refractivity contribution in [2.45, 2.75) is 125 Å². The molecule has 168 valence electrons. The summed E-state index contributed by atoms with van der Waals surface area (Å²) < 4.78 is 5.50. The van der Waals surface area contributed by atoms with Crippen LogP contribution < -0.4 is 0 Å². The third kappa shape index (κ3) is 9.69. The molecular weight excluding hydrogens is 360 g/mol. The van der Waals surface area contributed by atoms with Crippen LogP contribution in [-0.2, 0) is 26.8 Å². The molecule has 0 saturated heterocycles. The molecule has 0 bridgehead atoms. The maximum atomic E-state index is 12.1. The Kier molecular flexibility index (Phi) is 11.6. The van der Waals surface area contributed by atoms with E-state index in [0.717, 1.165) is 29.5 Å². The van der Waals surface area contributed by atoms with Crippen LogP contribution in [0.5, 0.6) is 5.75 Å². The van der Waals surface area contributed by atoms with Crippen molar-refractivity contribution in [3.05, 3.63) is 28.8 Å². The van der Waals surface area contributed by atoms with Crippen LogP contribution in [0.2, 0.25) is 0 Å². The minimum absolute atomic E-state index is 0.0163. The summed E-state index contributed by atoms with van der Waals surface area (Å²) in [6, 6.07) is 4.07. The molecule has 0 heterocycles. The van der Waals surface area contributed by atoms with Gasteiger partial charge in [0, 0.05) is 6.42 Å². The predicted molar refractivity (Wildman–Crippen MR) is 125 cm³/mol. The highest BCUT2D eigenvalue weighted by Gasteiger charge is 2.26. The summed E-state index contributed by atoms with van der Waals surface area (Å²) in [4.78, 5) is 12.1. The summed E-state index contributed by atoms with van der Waals surface area (Å²) in [6.45, 7) is 21.0. The van der Waals surface area contributed by atoms with Gasteiger partial charge >= 0.3 is 5.97 Å². The minimum atomic E-state index is -0.157. The highest BCUT2D eigenvalue weighted by molar-refractivity contribution is 5.70. The normalized spacial score (nSPS) is 11.8. The second-order valence-corrected chi connectivity index (χ2v) is 9.97. The number of aromatic hydroxyl groups is 1. The van der Waals surface area contributed by atoms with E-state index in [1.54, 1.807) is 0 Å². The minimum Gasteiger partial charge on any atom is -0.507 e. The van der Waals surface area contributed by atoms with Crippen LogP contribution >= 0.6 is 0 Å². The van der Waals surface area contributed by atoms with Gasteiger partial charge in [0.2, 0.25) is 0 Å². The Labute approximate surface area is 180 Å². The molecule has 1 N–H and O–H groups in total. The molecule has 0 saturated carbocycles. The van der Waals surface area contributed by atoms with Crippen LogP contribution in [0.4, 0.5) is 0 Å². The molecule has 0 amide bonds. The van der Waals surface area contributed by atoms with Crippen molar-refractivity contribution in [1.82, 2.24) is 0 Å². The number of benzene rings is 1. The lowest BCUT2D eigenvalue weighted by molar-refractivity contribution is -0.149. The first-order valence-corrected chi connectivity index (χ1v) is 11.4. The number of phenolic OH excluding ortho intramolecular Hbond substituents is 1. The molecule has 3 nitrogen and oxygen atoms in total. The van der Waals surface area contributed by atoms with Crippen molar-refractivity contribution in [2.24, 2.45) is 0 Å². The molecular formula is C26H46O3. The maximum absolute atomic E-state index is 12.1. The van der Waals surface area contributed by atoms with Crippen molar-refractivity contribution in [2.75, 3.05) is 0 Å². The Morgan fingerprint density at radius 3 is 1.62 bits per heavy atom. The number of esters is 1. The quantitative estimate of drug-likeness (QED) is 0.478. The van der Waals surface area contributed by atoms with Crippen LogP contribution in [0, 0.1) is 0 Å². The zero-order chi connectivity index (χ0) is 22.8. The molecule has 3 heteroatoms. The van der Waals surface area contributed by atoms with Crippen LogP contribution in [0.1, 0.15) is 118 Å². The van der Waals surface area contributed by atoms with E-state index in [9.17, 15) is 9.90 Å². The van der Waals surface area contributed by atoms with Crippen molar-refractivity contribution >= 4 is 5.97 Å². The average molecular weight is 407 g/mol. The lowest BCUT2D eigenvalue weighted by Crippen LogP contribution is -2.19. The smallest absolute Gasteiger partial charge is 0.306 e. The Bertz CT molecular complexity index is 577. The van der Waals surface area contributed by atoms with Crippen molar-refractivity contribution in [1.29, 1.82) is 0 Å². The summed E-state index contributed by atoms with van der Waals surface area (Å²) in [5, 5.41) is 10.8. The highest BCUT2D eigenvalue weighted by Crippen LogP contribution is 2.40. The van der Waals surface area contributed by atoms with Gasteiger partial charge in [0.15, 0.2) is 0 Å². The number of unbranched alkanes of at least 4 members (excludes halogenated alkanes) is 1. The first kappa shape index (κ1) is 27.5. The third-order valence-corrected chi connectivity index (χ3v) is 5.11. The van der Waals surface area contributed by atoms with E-state index in [0.29, 0.717) is 18.6 Å². The van der Waals surface area contributed by atoms with Gasteiger partial charge in [0.25, 0.3) is 0 Å². The van der Waals surface area contributed by atoms with Crippen molar-refractivity contribution in [3.8, 4) is 5.75 Å². The van der Waals surface area contributed by atoms with E-state index < -0.39 is 0 Å². The Morgan fingerprint density at radius 2 is 1.31 bits per heavy atom. The first-order chi connectivity index (χ1) is 13.3. The number of ether oxygens (including phenoxy) is 1. The lowest BCUT2D eigenvalue weighted by Gasteiger charge is -2.28. The molecule has 1 aromatic rings. The lowest BCUT2D eigenvalue weighted by atomic mass is 9.78. The van der Waals surface area contributed by atoms with E-state index in [2.05, 4.69) is 55.4 Å². The van der Waals surface area contributed by atoms with Crippen LogP contribution in [-0.4, -0.2) is 17.2 Å². The number of carbonyl (C=O) groups is 1. The van der Waals surface area contributed by atoms with E-state index >= 15 is 0 Å². The van der Waals surface area contributed by atoms with Gasteiger partial charge in [-0.05, 0) is 46.8 Å². The largest absolute Gasteiger partial charge is 0.507 e. The van der Waals surface area contributed by atoms with Gasteiger partial charge in [-0.25, -0.2) is 0 Å². The number of aryl methyl sites for hydroxylation is 1. The summed E-state index contributed by atoms with van der Waals surface area (Å²) in [6.07, 6.45) is 5.36. The topological polar surface area (TPSA) is 46.5 Å². The molecule has 1 aromatic carbocycles. The number of rotatable bonds is 7. The van der Waals surface area contributed by atoms with Gasteiger partial charge in [-0.2, -0.15) is 0 Å². The molecule has 0 atom stereocenters. The van der Waals surface area contributed by atoms with E-state index in [1.807, 2.05) is 26.0 Å². The summed E-state index contributed by atoms with van der Waals surface area (Å²) >= 11 is 0. The molecule has 0 unspecified atom stereocenters. The van der Waals surface area contributed by atoms with Gasteiger partial charge < -0.3 is 9.84 Å². The average Bonchev–Trinajstić information content (AvgIpc) is 2.63. The number of carbonyl (C=O) groups excluding carboxylic acids is 1. The van der Waals surface area contributed by atoms with Crippen LogP contribution in [0.3, 0.4) is 0 Å². The Balaban J connectivity index is 0.00000178. The number of hydrogen-bond acceptors (Lipinski definition) is 3. The Morgan fingerprint density at radius 1 is 0.897 bits per heavy atom. The summed E-state index contributed by atoms with van der Waals surface area (Å²) in [5.41, 5.74) is 2.63. The van der Waals surface area contributed by atoms with Gasteiger partial charge in [-0.3, -0.25) is 4.79 Å². The first-order valence-electron chi connectivity index (χ1n) is 11.4. The SMILES string of the molecule is CCC(CC)OC(=O)CCc1cc(C(C)(C)C)c(O)c(C(C)(C)C)c1.CCCC. The van der Waals surface area contributed by atoms with Gasteiger partial charge in [0.05, 0.1) is 0 Å².